The van der Waals surface area contributed by atoms with Gasteiger partial charge in [-0.25, -0.2) is 0 Å². The van der Waals surface area contributed by atoms with Crippen molar-refractivity contribution in [3.63, 3.8) is 0 Å². The lowest BCUT2D eigenvalue weighted by molar-refractivity contribution is -0.0722. The van der Waals surface area contributed by atoms with E-state index in [-0.39, 0.29) is 0 Å². The van der Waals surface area contributed by atoms with E-state index in [2.05, 4.69) is 35.3 Å². The molecule has 5 rings (SSSR count). The maximum absolute atomic E-state index is 6.06. The van der Waals surface area contributed by atoms with Crippen LogP contribution in [0.25, 0.3) is 0 Å². The molecule has 3 saturated carbocycles. The van der Waals surface area contributed by atoms with Gasteiger partial charge in [-0.3, -0.25) is 4.98 Å². The summed E-state index contributed by atoms with van der Waals surface area (Å²) in [6.07, 6.45) is 5.53. The highest BCUT2D eigenvalue weighted by Crippen LogP contribution is 2.73. The predicted molar refractivity (Wildman–Crippen MR) is 72.9 cm³/mol. The number of benzene rings is 1. The van der Waals surface area contributed by atoms with Gasteiger partial charge in [-0.05, 0) is 42.4 Å². The van der Waals surface area contributed by atoms with Crippen molar-refractivity contribution in [2.75, 3.05) is 0 Å². The van der Waals surface area contributed by atoms with Gasteiger partial charge in [0.15, 0.2) is 0 Å². The molecule has 1 aromatic heterocycles. The second-order valence-corrected chi connectivity index (χ2v) is 6.25. The second kappa shape index (κ2) is 3.36. The van der Waals surface area contributed by atoms with Crippen molar-refractivity contribution in [1.82, 2.24) is 4.98 Å². The van der Waals surface area contributed by atoms with Crippen LogP contribution in [0, 0.1) is 0 Å². The Kier molecular flexibility index (Phi) is 1.97. The van der Waals surface area contributed by atoms with Crippen molar-refractivity contribution in [2.45, 2.75) is 30.1 Å². The molecule has 90 valence electrons. The Labute approximate surface area is 112 Å². The lowest BCUT2D eigenvalue weighted by atomic mass is 9.32. The summed E-state index contributed by atoms with van der Waals surface area (Å²) in [4.78, 5) is 4.51. The Hall–Kier alpha value is -1.34. The monoisotopic (exact) mass is 255 g/mol. The number of pyridine rings is 1. The molecule has 1 aromatic carbocycles. The minimum Gasteiger partial charge on any atom is -0.261 e. The second-order valence-electron chi connectivity index (χ2n) is 5.82. The van der Waals surface area contributed by atoms with Gasteiger partial charge in [-0.2, -0.15) is 0 Å². The van der Waals surface area contributed by atoms with E-state index in [1.807, 2.05) is 18.3 Å². The smallest absolute Gasteiger partial charge is 0.0481 e. The zero-order chi connectivity index (χ0) is 12.2. The summed E-state index contributed by atoms with van der Waals surface area (Å²) in [5.41, 5.74) is 3.44. The number of aromatic nitrogens is 1. The summed E-state index contributed by atoms with van der Waals surface area (Å²) in [7, 11) is 0. The summed E-state index contributed by atoms with van der Waals surface area (Å²) in [6.45, 7) is 0. The highest BCUT2D eigenvalue weighted by Gasteiger charge is 2.69. The van der Waals surface area contributed by atoms with Gasteiger partial charge in [0.05, 0.1) is 0 Å². The van der Waals surface area contributed by atoms with Crippen LogP contribution in [0.5, 0.6) is 0 Å². The first-order chi connectivity index (χ1) is 8.73. The van der Waals surface area contributed by atoms with E-state index in [0.717, 1.165) is 5.02 Å². The van der Waals surface area contributed by atoms with E-state index in [1.165, 1.54) is 30.5 Å². The Morgan fingerprint density at radius 3 is 2.33 bits per heavy atom. The third kappa shape index (κ3) is 1.26. The molecule has 0 radical (unpaired) electrons. The van der Waals surface area contributed by atoms with Crippen LogP contribution in [-0.2, 0) is 10.8 Å². The van der Waals surface area contributed by atoms with Gasteiger partial charge in [-0.1, -0.05) is 41.9 Å². The molecule has 0 spiro atoms. The lowest BCUT2D eigenvalue weighted by Crippen LogP contribution is -2.67. The van der Waals surface area contributed by atoms with Gasteiger partial charge >= 0.3 is 0 Å². The first-order valence-electron chi connectivity index (χ1n) is 6.40. The van der Waals surface area contributed by atoms with Crippen LogP contribution in [0.1, 0.15) is 30.5 Å². The molecular formula is C16H14ClN. The molecule has 1 heterocycles. The van der Waals surface area contributed by atoms with Crippen molar-refractivity contribution >= 4 is 11.6 Å². The van der Waals surface area contributed by atoms with Gasteiger partial charge in [0.1, 0.15) is 0 Å². The van der Waals surface area contributed by atoms with E-state index in [0.29, 0.717) is 10.8 Å². The molecule has 3 fully saturated rings. The molecular weight excluding hydrogens is 242 g/mol. The van der Waals surface area contributed by atoms with E-state index in [1.54, 1.807) is 0 Å². The van der Waals surface area contributed by atoms with Crippen LogP contribution in [-0.4, -0.2) is 4.98 Å². The number of nitrogens with zero attached hydrogens (tertiary/aromatic N) is 1. The molecule has 18 heavy (non-hydrogen) atoms. The summed E-state index contributed by atoms with van der Waals surface area (Å²) in [6, 6.07) is 14.8. The van der Waals surface area contributed by atoms with Crippen molar-refractivity contribution in [1.29, 1.82) is 0 Å². The van der Waals surface area contributed by atoms with E-state index in [4.69, 9.17) is 11.6 Å². The third-order valence-corrected chi connectivity index (χ3v) is 4.92. The molecule has 0 aliphatic heterocycles. The van der Waals surface area contributed by atoms with Gasteiger partial charge in [-0.15, -0.1) is 0 Å². The van der Waals surface area contributed by atoms with Crippen LogP contribution < -0.4 is 0 Å². The zero-order valence-corrected chi connectivity index (χ0v) is 10.8. The Balaban J connectivity index is 1.62. The maximum Gasteiger partial charge on any atom is 0.0481 e. The van der Waals surface area contributed by atoms with Crippen molar-refractivity contribution in [3.8, 4) is 0 Å². The molecule has 2 aromatic rings. The molecule has 2 heteroatoms. The molecule has 0 amide bonds. The molecule has 0 saturated heterocycles. The van der Waals surface area contributed by atoms with Gasteiger partial charge in [0, 0.05) is 22.3 Å². The topological polar surface area (TPSA) is 12.9 Å². The number of halogens is 1. The fraction of sp³-hybridized carbons (Fsp3) is 0.312. The summed E-state index contributed by atoms with van der Waals surface area (Å²) in [5, 5.41) is 0.804. The van der Waals surface area contributed by atoms with E-state index >= 15 is 0 Å². The zero-order valence-electron chi connectivity index (χ0n) is 10.1. The van der Waals surface area contributed by atoms with E-state index in [9.17, 15) is 0 Å². The van der Waals surface area contributed by atoms with Crippen molar-refractivity contribution in [3.05, 3.63) is 64.9 Å². The summed E-state index contributed by atoms with van der Waals surface area (Å²) in [5.74, 6) is 0. The predicted octanol–water partition coefficient (Wildman–Crippen LogP) is 4.11. The van der Waals surface area contributed by atoms with Crippen LogP contribution in [0.3, 0.4) is 0 Å². The Bertz CT molecular complexity index is 586. The number of hydrogen-bond acceptors (Lipinski definition) is 1. The molecule has 3 aliphatic rings. The van der Waals surface area contributed by atoms with Gasteiger partial charge in [0.2, 0.25) is 0 Å². The molecule has 3 aliphatic carbocycles. The van der Waals surface area contributed by atoms with Crippen LogP contribution in [0.2, 0.25) is 5.02 Å². The van der Waals surface area contributed by atoms with E-state index < -0.39 is 0 Å². The fourth-order valence-corrected chi connectivity index (χ4v) is 4.01. The molecule has 0 atom stereocenters. The van der Waals surface area contributed by atoms with Crippen LogP contribution >= 0.6 is 11.6 Å². The van der Waals surface area contributed by atoms with Gasteiger partial charge in [0.25, 0.3) is 0 Å². The molecule has 0 unspecified atom stereocenters. The number of rotatable bonds is 2. The first kappa shape index (κ1) is 10.6. The summed E-state index contributed by atoms with van der Waals surface area (Å²) >= 11 is 6.06. The molecule has 0 N–H and O–H groups in total. The van der Waals surface area contributed by atoms with Crippen LogP contribution in [0.4, 0.5) is 0 Å². The number of hydrogen-bond donors (Lipinski definition) is 0. The normalized spacial score (nSPS) is 32.5. The Morgan fingerprint density at radius 1 is 0.944 bits per heavy atom. The third-order valence-electron chi connectivity index (χ3n) is 4.68. The molecule has 2 bridgehead atoms. The fourth-order valence-electron chi connectivity index (χ4n) is 3.85. The standard InChI is InChI=1S/C16H14ClN/c17-13-6-7-18-14(8-13)16-9-15(10-16,11-16)12-4-2-1-3-5-12/h1-8H,9-11H2. The average molecular weight is 256 g/mol. The minimum absolute atomic E-state index is 0.320. The van der Waals surface area contributed by atoms with Crippen molar-refractivity contribution in [2.24, 2.45) is 0 Å². The van der Waals surface area contributed by atoms with Crippen LogP contribution in [0.15, 0.2) is 48.7 Å². The van der Waals surface area contributed by atoms with Gasteiger partial charge < -0.3 is 0 Å². The molecule has 1 nitrogen and oxygen atoms in total. The summed E-state index contributed by atoms with van der Waals surface area (Å²) < 4.78 is 0. The highest BCUT2D eigenvalue weighted by atomic mass is 35.5. The highest BCUT2D eigenvalue weighted by molar-refractivity contribution is 6.30. The largest absolute Gasteiger partial charge is 0.261 e. The maximum atomic E-state index is 6.06. The quantitative estimate of drug-likeness (QED) is 0.787. The van der Waals surface area contributed by atoms with Crippen molar-refractivity contribution < 1.29 is 0 Å². The average Bonchev–Trinajstić information content (AvgIpc) is 2.27. The first-order valence-corrected chi connectivity index (χ1v) is 6.78. The Morgan fingerprint density at radius 2 is 1.67 bits per heavy atom. The lowest BCUT2D eigenvalue weighted by Gasteiger charge is -2.71. The minimum atomic E-state index is 0.320. The SMILES string of the molecule is Clc1ccnc(C23CC(c4ccccc4)(C2)C3)c1.